The Kier molecular flexibility index (Phi) is 4.09. The van der Waals surface area contributed by atoms with Crippen LogP contribution >= 0.6 is 0 Å². The minimum absolute atomic E-state index is 0.0280. The van der Waals surface area contributed by atoms with Gasteiger partial charge in [0.25, 0.3) is 0 Å². The molecule has 1 aliphatic heterocycles. The van der Waals surface area contributed by atoms with Gasteiger partial charge in [-0.15, -0.1) is 0 Å². The molecule has 1 aliphatic rings. The molecule has 2 heterocycles. The quantitative estimate of drug-likeness (QED) is 0.684. The molecule has 3 N–H and O–H groups in total. The third-order valence-electron chi connectivity index (χ3n) is 3.19. The van der Waals surface area contributed by atoms with Crippen LogP contribution in [-0.2, 0) is 17.1 Å². The number of aliphatic hydroxyl groups is 1. The lowest BCUT2D eigenvalue weighted by Gasteiger charge is -2.33. The number of anilines is 1. The summed E-state index contributed by atoms with van der Waals surface area (Å²) in [6, 6.07) is 0. The van der Waals surface area contributed by atoms with Gasteiger partial charge in [0.1, 0.15) is 4.90 Å². The van der Waals surface area contributed by atoms with E-state index in [9.17, 15) is 8.42 Å². The van der Waals surface area contributed by atoms with Gasteiger partial charge in [0.15, 0.2) is 5.82 Å². The van der Waals surface area contributed by atoms with Crippen molar-refractivity contribution in [3.63, 3.8) is 0 Å². The van der Waals surface area contributed by atoms with Gasteiger partial charge in [0.05, 0.1) is 6.61 Å². The van der Waals surface area contributed by atoms with Crippen LogP contribution in [0.3, 0.4) is 0 Å². The number of aliphatic hydroxyl groups excluding tert-OH is 1. The smallest absolute Gasteiger partial charge is 0.248 e. The summed E-state index contributed by atoms with van der Waals surface area (Å²) in [4.78, 5) is 2.09. The van der Waals surface area contributed by atoms with Crippen molar-refractivity contribution in [2.75, 3.05) is 45.1 Å². The van der Waals surface area contributed by atoms with Crippen molar-refractivity contribution >= 4 is 15.8 Å². The zero-order valence-electron chi connectivity index (χ0n) is 10.9. The highest BCUT2D eigenvalue weighted by atomic mass is 32.2. The largest absolute Gasteiger partial charge is 0.395 e. The summed E-state index contributed by atoms with van der Waals surface area (Å²) in [5.74, 6) is 0.0280. The van der Waals surface area contributed by atoms with Crippen LogP contribution in [0.5, 0.6) is 0 Å². The van der Waals surface area contributed by atoms with Crippen LogP contribution in [-0.4, -0.2) is 71.8 Å². The Labute approximate surface area is 112 Å². The lowest BCUT2D eigenvalue weighted by atomic mass is 10.4. The molecule has 0 bridgehead atoms. The molecule has 1 fully saturated rings. The Hall–Kier alpha value is -1.16. The zero-order valence-corrected chi connectivity index (χ0v) is 11.7. The van der Waals surface area contributed by atoms with E-state index in [0.717, 1.165) is 0 Å². The fourth-order valence-electron chi connectivity index (χ4n) is 2.16. The summed E-state index contributed by atoms with van der Waals surface area (Å²) < 4.78 is 27.6. The molecule has 1 aromatic rings. The topological polar surface area (TPSA) is 105 Å². The molecule has 0 radical (unpaired) electrons. The standard InChI is InChI=1S/C10H19N5O3S/c1-13-8-9(10(11)12-13)19(17,18)15-4-2-14(3-5-15)6-7-16/h8,16H,2-7H2,1H3,(H2,11,12). The van der Waals surface area contributed by atoms with Crippen LogP contribution in [0.15, 0.2) is 11.1 Å². The van der Waals surface area contributed by atoms with Crippen LogP contribution in [0.4, 0.5) is 5.82 Å². The molecular weight excluding hydrogens is 270 g/mol. The lowest BCUT2D eigenvalue weighted by molar-refractivity contribution is 0.151. The number of aryl methyl sites for hydroxylation is 1. The van der Waals surface area contributed by atoms with Crippen molar-refractivity contribution in [2.24, 2.45) is 7.05 Å². The maximum atomic E-state index is 12.4. The minimum atomic E-state index is -3.57. The average Bonchev–Trinajstić information content (AvgIpc) is 2.70. The van der Waals surface area contributed by atoms with Crippen molar-refractivity contribution in [3.05, 3.63) is 6.20 Å². The molecule has 0 aliphatic carbocycles. The molecule has 8 nitrogen and oxygen atoms in total. The zero-order chi connectivity index (χ0) is 14.0. The molecule has 2 rings (SSSR count). The second kappa shape index (κ2) is 5.45. The maximum Gasteiger partial charge on any atom is 0.248 e. The number of nitrogen functional groups attached to an aromatic ring is 1. The van der Waals surface area contributed by atoms with Gasteiger partial charge in [0.2, 0.25) is 10.0 Å². The first kappa shape index (κ1) is 14.3. The van der Waals surface area contributed by atoms with Gasteiger partial charge in [-0.3, -0.25) is 9.58 Å². The van der Waals surface area contributed by atoms with Crippen LogP contribution in [0.25, 0.3) is 0 Å². The SMILES string of the molecule is Cn1cc(S(=O)(=O)N2CCN(CCO)CC2)c(N)n1. The molecule has 1 saturated heterocycles. The predicted octanol–water partition coefficient (Wildman–Crippen LogP) is -1.70. The van der Waals surface area contributed by atoms with Crippen molar-refractivity contribution in [3.8, 4) is 0 Å². The number of piperazine rings is 1. The lowest BCUT2D eigenvalue weighted by Crippen LogP contribution is -2.49. The maximum absolute atomic E-state index is 12.4. The highest BCUT2D eigenvalue weighted by Crippen LogP contribution is 2.21. The number of nitrogens with zero attached hydrogens (tertiary/aromatic N) is 4. The van der Waals surface area contributed by atoms with Gasteiger partial charge < -0.3 is 10.8 Å². The molecule has 0 amide bonds. The van der Waals surface area contributed by atoms with E-state index in [1.54, 1.807) is 7.05 Å². The Balaban J connectivity index is 2.12. The Bertz CT molecular complexity index is 533. The first-order chi connectivity index (χ1) is 8.95. The summed E-state index contributed by atoms with van der Waals surface area (Å²) >= 11 is 0. The molecule has 19 heavy (non-hydrogen) atoms. The van der Waals surface area contributed by atoms with Gasteiger partial charge >= 0.3 is 0 Å². The number of nitrogens with two attached hydrogens (primary N) is 1. The number of β-amino-alcohol motifs (C(OH)–C–C–N with tert-alkyl or cyclic N) is 1. The Morgan fingerprint density at radius 1 is 1.37 bits per heavy atom. The number of sulfonamides is 1. The van der Waals surface area contributed by atoms with E-state index in [1.807, 2.05) is 4.90 Å². The summed E-state index contributed by atoms with van der Waals surface area (Å²) in [6.07, 6.45) is 1.42. The molecule has 0 atom stereocenters. The van der Waals surface area contributed by atoms with Crippen LogP contribution in [0.2, 0.25) is 0 Å². The van der Waals surface area contributed by atoms with Crippen molar-refractivity contribution in [2.45, 2.75) is 4.90 Å². The molecule has 9 heteroatoms. The Morgan fingerprint density at radius 3 is 2.47 bits per heavy atom. The van der Waals surface area contributed by atoms with E-state index in [4.69, 9.17) is 10.8 Å². The first-order valence-electron chi connectivity index (χ1n) is 6.07. The third kappa shape index (κ3) is 2.89. The van der Waals surface area contributed by atoms with E-state index >= 15 is 0 Å². The number of hydrogen-bond acceptors (Lipinski definition) is 6. The first-order valence-corrected chi connectivity index (χ1v) is 7.51. The fraction of sp³-hybridized carbons (Fsp3) is 0.700. The van der Waals surface area contributed by atoms with E-state index in [2.05, 4.69) is 5.10 Å². The van der Waals surface area contributed by atoms with Crippen molar-refractivity contribution in [1.29, 1.82) is 0 Å². The molecule has 0 aromatic carbocycles. The van der Waals surface area contributed by atoms with E-state index in [1.165, 1.54) is 15.2 Å². The molecule has 1 aromatic heterocycles. The van der Waals surface area contributed by atoms with Gasteiger partial charge in [-0.1, -0.05) is 0 Å². The minimum Gasteiger partial charge on any atom is -0.395 e. The van der Waals surface area contributed by atoms with Crippen LogP contribution in [0, 0.1) is 0 Å². The van der Waals surface area contributed by atoms with Gasteiger partial charge in [0, 0.05) is 46.0 Å². The van der Waals surface area contributed by atoms with E-state index < -0.39 is 10.0 Å². The Morgan fingerprint density at radius 2 is 2.00 bits per heavy atom. The molecule has 0 unspecified atom stereocenters. The van der Waals surface area contributed by atoms with Gasteiger partial charge in [-0.05, 0) is 0 Å². The number of hydrogen-bond donors (Lipinski definition) is 2. The normalized spacial score (nSPS) is 18.8. The van der Waals surface area contributed by atoms with E-state index in [0.29, 0.717) is 32.7 Å². The highest BCUT2D eigenvalue weighted by molar-refractivity contribution is 7.89. The fourth-order valence-corrected chi connectivity index (χ4v) is 3.67. The summed E-state index contributed by atoms with van der Waals surface area (Å²) in [5, 5.41) is 12.7. The molecular formula is C10H19N5O3S. The molecule has 0 saturated carbocycles. The summed E-state index contributed by atoms with van der Waals surface area (Å²) in [5.41, 5.74) is 5.63. The number of rotatable bonds is 4. The van der Waals surface area contributed by atoms with Crippen molar-refractivity contribution < 1.29 is 13.5 Å². The third-order valence-corrected chi connectivity index (χ3v) is 5.10. The van der Waals surface area contributed by atoms with Crippen molar-refractivity contribution in [1.82, 2.24) is 19.0 Å². The second-order valence-electron chi connectivity index (χ2n) is 4.52. The summed E-state index contributed by atoms with van der Waals surface area (Å²) in [6.45, 7) is 2.68. The average molecular weight is 289 g/mol. The molecule has 108 valence electrons. The predicted molar refractivity (Wildman–Crippen MR) is 69.9 cm³/mol. The van der Waals surface area contributed by atoms with Crippen LogP contribution < -0.4 is 5.73 Å². The number of aromatic nitrogens is 2. The monoisotopic (exact) mass is 289 g/mol. The van der Waals surface area contributed by atoms with Gasteiger partial charge in [-0.2, -0.15) is 9.40 Å². The second-order valence-corrected chi connectivity index (χ2v) is 6.43. The summed E-state index contributed by atoms with van der Waals surface area (Å²) in [7, 11) is -1.94. The molecule has 0 spiro atoms. The van der Waals surface area contributed by atoms with Crippen LogP contribution in [0.1, 0.15) is 0 Å². The highest BCUT2D eigenvalue weighted by Gasteiger charge is 2.31. The van der Waals surface area contributed by atoms with Gasteiger partial charge in [-0.25, -0.2) is 8.42 Å². The van der Waals surface area contributed by atoms with E-state index in [-0.39, 0.29) is 17.3 Å².